The molecule has 1 aromatic carbocycles. The van der Waals surface area contributed by atoms with E-state index in [9.17, 15) is 0 Å². The Bertz CT molecular complexity index is 896. The Balaban J connectivity index is 1.86. The molecule has 0 spiro atoms. The fourth-order valence-electron chi connectivity index (χ4n) is 4.54. The molecule has 0 radical (unpaired) electrons. The Kier molecular flexibility index (Phi) is 4.77. The molecule has 1 atom stereocenters. The lowest BCUT2D eigenvalue weighted by molar-refractivity contribution is -0.462. The molecule has 3 nitrogen and oxygen atoms in total. The summed E-state index contributed by atoms with van der Waals surface area (Å²) in [6.45, 7) is 8.94. The quantitative estimate of drug-likeness (QED) is 0.338. The number of hydrogen-bond acceptors (Lipinski definition) is 2. The first-order valence-corrected chi connectivity index (χ1v) is 12.8. The monoisotopic (exact) mass is 376 g/mol. The fraction of sp³-hybridized carbons (Fsp3) is 0.391. The Morgan fingerprint density at radius 3 is 2.67 bits per heavy atom. The summed E-state index contributed by atoms with van der Waals surface area (Å²) in [6.07, 6.45) is 12.8. The van der Waals surface area contributed by atoms with Crippen LogP contribution in [0.1, 0.15) is 19.3 Å². The maximum atomic E-state index is 5.04. The highest BCUT2D eigenvalue weighted by Crippen LogP contribution is 2.35. The van der Waals surface area contributed by atoms with Crippen molar-refractivity contribution in [2.45, 2.75) is 31.9 Å². The van der Waals surface area contributed by atoms with Crippen LogP contribution < -0.4 is 10.1 Å². The molecular weight excluding hydrogens is 346 g/mol. The lowest BCUT2D eigenvalue weighted by Gasteiger charge is -2.37. The van der Waals surface area contributed by atoms with Gasteiger partial charge in [-0.25, -0.2) is 9.57 Å². The van der Waals surface area contributed by atoms with Gasteiger partial charge in [0.25, 0.3) is 0 Å². The van der Waals surface area contributed by atoms with Crippen LogP contribution in [0.25, 0.3) is 0 Å². The number of piperidine rings is 1. The van der Waals surface area contributed by atoms with Crippen LogP contribution in [0.2, 0.25) is 12.6 Å². The summed E-state index contributed by atoms with van der Waals surface area (Å²) in [5.41, 5.74) is 4.94. The summed E-state index contributed by atoms with van der Waals surface area (Å²) in [4.78, 5) is 7.59. The van der Waals surface area contributed by atoms with E-state index in [2.05, 4.69) is 79.2 Å². The van der Waals surface area contributed by atoms with Crippen molar-refractivity contribution in [3.63, 3.8) is 0 Å². The number of benzene rings is 1. The third-order valence-corrected chi connectivity index (χ3v) is 10.5. The van der Waals surface area contributed by atoms with Gasteiger partial charge in [0.15, 0.2) is 5.71 Å². The maximum absolute atomic E-state index is 5.04. The summed E-state index contributed by atoms with van der Waals surface area (Å²) in [7, 11) is 2.30. The number of allylic oxidation sites excluding steroid dienone is 5. The molecule has 0 N–H and O–H groups in total. The van der Waals surface area contributed by atoms with Crippen LogP contribution in [0, 0.1) is 0 Å². The van der Waals surface area contributed by atoms with Gasteiger partial charge in [-0.15, -0.1) is 6.58 Å². The predicted molar refractivity (Wildman–Crippen MR) is 120 cm³/mol. The molecule has 4 heteroatoms. The van der Waals surface area contributed by atoms with E-state index in [1.807, 2.05) is 0 Å². The second-order valence-electron chi connectivity index (χ2n) is 8.28. The Morgan fingerprint density at radius 2 is 1.96 bits per heavy atom. The third kappa shape index (κ3) is 3.16. The van der Waals surface area contributed by atoms with Crippen LogP contribution in [0.4, 0.5) is 11.4 Å². The van der Waals surface area contributed by atoms with Gasteiger partial charge in [0.1, 0.15) is 22.2 Å². The normalized spacial score (nSPS) is 24.0. The van der Waals surface area contributed by atoms with Crippen molar-refractivity contribution in [2.75, 3.05) is 32.1 Å². The van der Waals surface area contributed by atoms with Crippen LogP contribution in [0.5, 0.6) is 0 Å². The first kappa shape index (κ1) is 18.2. The van der Waals surface area contributed by atoms with Crippen LogP contribution in [-0.2, 0) is 0 Å². The van der Waals surface area contributed by atoms with E-state index in [4.69, 9.17) is 4.99 Å². The van der Waals surface area contributed by atoms with Crippen LogP contribution in [-0.4, -0.2) is 51.3 Å². The average Bonchev–Trinajstić information content (AvgIpc) is 2.68. The standard InChI is InChI=1S/C23H30N3Si/c1-5-15-27(4)22-16-18(25(2)3)9-11-20(22)24-21-12-10-19(17-23(21)27)26-13-7-6-8-14-26/h5,9-12,16-17H,1,6-8,13-15H2,2-4H3/q+1. The minimum absolute atomic E-state index is 1.04. The van der Waals surface area contributed by atoms with Crippen molar-refractivity contribution in [3.05, 3.63) is 54.3 Å². The molecule has 27 heavy (non-hydrogen) atoms. The Hall–Kier alpha value is -2.20. The van der Waals surface area contributed by atoms with Gasteiger partial charge in [-0.1, -0.05) is 12.6 Å². The lowest BCUT2D eigenvalue weighted by Crippen LogP contribution is -2.52. The molecule has 2 heterocycles. The van der Waals surface area contributed by atoms with Crippen molar-refractivity contribution in [2.24, 2.45) is 4.99 Å². The van der Waals surface area contributed by atoms with E-state index in [1.165, 1.54) is 54.1 Å². The highest BCUT2D eigenvalue weighted by atomic mass is 28.3. The number of anilines is 1. The summed E-state index contributed by atoms with van der Waals surface area (Å²) in [5.74, 6) is 0. The van der Waals surface area contributed by atoms with Gasteiger partial charge in [0.2, 0.25) is 0 Å². The van der Waals surface area contributed by atoms with Crippen molar-refractivity contribution < 1.29 is 4.58 Å². The Morgan fingerprint density at radius 1 is 1.19 bits per heavy atom. The molecule has 0 bridgehead atoms. The zero-order valence-electron chi connectivity index (χ0n) is 16.8. The highest BCUT2D eigenvalue weighted by Gasteiger charge is 2.41. The van der Waals surface area contributed by atoms with E-state index in [-0.39, 0.29) is 0 Å². The van der Waals surface area contributed by atoms with Gasteiger partial charge >= 0.3 is 0 Å². The zero-order valence-corrected chi connectivity index (χ0v) is 17.8. The first-order valence-electron chi connectivity index (χ1n) is 10.1. The molecule has 4 rings (SSSR count). The average molecular weight is 377 g/mol. The summed E-state index contributed by atoms with van der Waals surface area (Å²) < 4.78 is 2.18. The lowest BCUT2D eigenvalue weighted by atomic mass is 10.1. The second-order valence-corrected chi connectivity index (χ2v) is 12.4. The highest BCUT2D eigenvalue weighted by molar-refractivity contribution is 7.02. The Labute approximate surface area is 164 Å². The van der Waals surface area contributed by atoms with Crippen molar-refractivity contribution in [3.8, 4) is 0 Å². The maximum Gasteiger partial charge on any atom is 0.199 e. The number of rotatable bonds is 3. The van der Waals surface area contributed by atoms with Gasteiger partial charge in [0.05, 0.1) is 11.4 Å². The van der Waals surface area contributed by atoms with Gasteiger partial charge in [-0.05, 0) is 60.0 Å². The van der Waals surface area contributed by atoms with Gasteiger partial charge in [-0.2, -0.15) is 0 Å². The van der Waals surface area contributed by atoms with E-state index in [0.29, 0.717) is 0 Å². The topological polar surface area (TPSA) is 18.6 Å². The van der Waals surface area contributed by atoms with Crippen molar-refractivity contribution in [1.82, 2.24) is 0 Å². The van der Waals surface area contributed by atoms with E-state index >= 15 is 0 Å². The number of hydrogen-bond donors (Lipinski definition) is 0. The minimum Gasteiger partial charge on any atom is -0.372 e. The molecule has 3 aliphatic rings. The zero-order chi connectivity index (χ0) is 19.0. The molecule has 1 saturated heterocycles. The third-order valence-electron chi connectivity index (χ3n) is 6.18. The van der Waals surface area contributed by atoms with Crippen LogP contribution in [0.15, 0.2) is 59.3 Å². The van der Waals surface area contributed by atoms with Gasteiger partial charge in [-0.3, -0.25) is 0 Å². The van der Waals surface area contributed by atoms with Gasteiger partial charge in [0, 0.05) is 30.9 Å². The second kappa shape index (κ2) is 7.08. The van der Waals surface area contributed by atoms with Crippen molar-refractivity contribution >= 4 is 36.1 Å². The molecule has 1 aromatic rings. The summed E-state index contributed by atoms with van der Waals surface area (Å²) in [6, 6.07) is 8.01. The first-order chi connectivity index (χ1) is 13.0. The molecule has 1 unspecified atom stereocenters. The number of nitrogens with zero attached hydrogens (tertiary/aromatic N) is 3. The molecule has 2 aliphatic heterocycles. The van der Waals surface area contributed by atoms with Crippen LogP contribution in [0.3, 0.4) is 0 Å². The molecule has 0 aromatic heterocycles. The summed E-state index contributed by atoms with van der Waals surface area (Å²) in [5, 5.41) is 2.91. The molecular formula is C23H30N3Si+. The fourth-order valence-corrected chi connectivity index (χ4v) is 8.19. The van der Waals surface area contributed by atoms with Gasteiger partial charge < -0.3 is 4.90 Å². The molecule has 140 valence electrons. The number of aliphatic imine (C=N–C) groups is 1. The van der Waals surface area contributed by atoms with Crippen LogP contribution >= 0.6 is 0 Å². The molecule has 0 amide bonds. The van der Waals surface area contributed by atoms with E-state index < -0.39 is 8.07 Å². The SMILES string of the molecule is C=CC[Si]1(C)C2=CC(=[N+](C)C)C=CC2=Nc2ccc(N3CCCCC3)cc21. The smallest absolute Gasteiger partial charge is 0.199 e. The molecule has 1 fully saturated rings. The molecule has 0 saturated carbocycles. The largest absolute Gasteiger partial charge is 0.372 e. The number of fused-ring (bicyclic) bond motifs is 2. The van der Waals surface area contributed by atoms with Crippen molar-refractivity contribution in [1.29, 1.82) is 0 Å². The summed E-state index contributed by atoms with van der Waals surface area (Å²) >= 11 is 0. The molecule has 1 aliphatic carbocycles. The predicted octanol–water partition coefficient (Wildman–Crippen LogP) is 3.98. The van der Waals surface area contributed by atoms with E-state index in [0.717, 1.165) is 17.4 Å². The van der Waals surface area contributed by atoms with E-state index in [1.54, 1.807) is 0 Å². The minimum atomic E-state index is -1.92.